The van der Waals surface area contributed by atoms with E-state index in [4.69, 9.17) is 14.2 Å². The smallest absolute Gasteiger partial charge is 0.478 e. The molecular formula is C22H22O5P+. The predicted molar refractivity (Wildman–Crippen MR) is 109 cm³/mol. The predicted octanol–water partition coefficient (Wildman–Crippen LogP) is 6.11. The Labute approximate surface area is 165 Å². The maximum atomic E-state index is 11.5. The SMILES string of the molecule is Cc1cc(C)c(C(=O)O)c(C)c1.O=[P+](Oc1ccccc1)Oc1ccccc1. The highest BCUT2D eigenvalue weighted by Crippen LogP contribution is 2.29. The third-order valence-corrected chi connectivity index (χ3v) is 4.46. The molecule has 0 bridgehead atoms. The fraction of sp³-hybridized carbons (Fsp3) is 0.136. The highest BCUT2D eigenvalue weighted by Gasteiger charge is 2.23. The minimum Gasteiger partial charge on any atom is -0.478 e. The van der Waals surface area contributed by atoms with Crippen molar-refractivity contribution < 1.29 is 23.5 Å². The number of carboxylic acid groups (broad SMARTS) is 1. The number of hydrogen-bond acceptors (Lipinski definition) is 4. The maximum Gasteiger partial charge on any atom is 0.805 e. The number of carboxylic acids is 1. The van der Waals surface area contributed by atoms with Gasteiger partial charge in [-0.25, -0.2) is 13.8 Å². The molecule has 144 valence electrons. The summed E-state index contributed by atoms with van der Waals surface area (Å²) in [4.78, 5) is 10.8. The summed E-state index contributed by atoms with van der Waals surface area (Å²) in [5.41, 5.74) is 3.20. The Morgan fingerprint density at radius 3 is 1.54 bits per heavy atom. The number of benzene rings is 3. The second kappa shape index (κ2) is 10.2. The van der Waals surface area contributed by atoms with Gasteiger partial charge >= 0.3 is 14.2 Å². The molecule has 0 radical (unpaired) electrons. The molecule has 0 heterocycles. The third kappa shape index (κ3) is 6.53. The Hall–Kier alpha value is -3.17. The van der Waals surface area contributed by atoms with E-state index in [1.807, 2.05) is 45.0 Å². The van der Waals surface area contributed by atoms with E-state index in [1.165, 1.54) is 0 Å². The summed E-state index contributed by atoms with van der Waals surface area (Å²) in [7, 11) is -2.18. The summed E-state index contributed by atoms with van der Waals surface area (Å²) < 4.78 is 21.7. The van der Waals surface area contributed by atoms with Crippen molar-refractivity contribution in [3.05, 3.63) is 95.1 Å². The normalized spacial score (nSPS) is 9.68. The van der Waals surface area contributed by atoms with Gasteiger partial charge in [-0.3, -0.25) is 0 Å². The molecule has 0 aromatic heterocycles. The third-order valence-electron chi connectivity index (χ3n) is 3.74. The van der Waals surface area contributed by atoms with Crippen molar-refractivity contribution in [1.29, 1.82) is 0 Å². The molecule has 3 aromatic rings. The minimum atomic E-state index is -2.18. The Bertz CT molecular complexity index is 873. The zero-order valence-corrected chi connectivity index (χ0v) is 16.9. The van der Waals surface area contributed by atoms with Crippen LogP contribution in [0.5, 0.6) is 11.5 Å². The number of hydrogen-bond donors (Lipinski definition) is 1. The van der Waals surface area contributed by atoms with Crippen molar-refractivity contribution in [3.8, 4) is 11.5 Å². The standard InChI is InChI=1S/C12H10O3P.C10H12O2/c13-16(14-11-7-3-1-4-8-11)15-12-9-5-2-6-10-12;1-6-4-7(2)9(10(11)12)8(3)5-6/h1-10H;4-5H,1-3H3,(H,11,12)/q+1;. The second-order valence-electron chi connectivity index (χ2n) is 6.11. The van der Waals surface area contributed by atoms with Crippen LogP contribution in [0.15, 0.2) is 72.8 Å². The molecule has 1 N–H and O–H groups in total. The Balaban J connectivity index is 0.000000209. The molecule has 0 amide bonds. The van der Waals surface area contributed by atoms with E-state index in [1.54, 1.807) is 48.5 Å². The number of rotatable bonds is 5. The first kappa shape index (κ1) is 21.1. The van der Waals surface area contributed by atoms with E-state index in [0.29, 0.717) is 17.1 Å². The van der Waals surface area contributed by atoms with Crippen LogP contribution >= 0.6 is 8.25 Å². The monoisotopic (exact) mass is 397 g/mol. The molecule has 6 heteroatoms. The molecule has 0 aliphatic rings. The van der Waals surface area contributed by atoms with Crippen LogP contribution in [0.25, 0.3) is 0 Å². The molecule has 0 unspecified atom stereocenters. The van der Waals surface area contributed by atoms with Crippen molar-refractivity contribution in [2.45, 2.75) is 20.8 Å². The molecule has 3 aromatic carbocycles. The molecule has 0 atom stereocenters. The van der Waals surface area contributed by atoms with Crippen LogP contribution < -0.4 is 9.05 Å². The van der Waals surface area contributed by atoms with E-state index < -0.39 is 14.2 Å². The number of aromatic carboxylic acids is 1. The molecule has 0 spiro atoms. The number of aryl methyl sites for hydroxylation is 3. The Morgan fingerprint density at radius 1 is 0.786 bits per heavy atom. The Morgan fingerprint density at radius 2 is 1.18 bits per heavy atom. The summed E-state index contributed by atoms with van der Waals surface area (Å²) in [6.07, 6.45) is 0. The summed E-state index contributed by atoms with van der Waals surface area (Å²) >= 11 is 0. The lowest BCUT2D eigenvalue weighted by molar-refractivity contribution is 0.0695. The van der Waals surface area contributed by atoms with Crippen molar-refractivity contribution in [1.82, 2.24) is 0 Å². The first-order valence-electron chi connectivity index (χ1n) is 8.61. The van der Waals surface area contributed by atoms with Gasteiger partial charge < -0.3 is 5.11 Å². The Kier molecular flexibility index (Phi) is 7.73. The van der Waals surface area contributed by atoms with E-state index in [-0.39, 0.29) is 0 Å². The average molecular weight is 397 g/mol. The molecule has 0 aliphatic heterocycles. The fourth-order valence-electron chi connectivity index (χ4n) is 2.67. The number of para-hydroxylation sites is 2. The highest BCUT2D eigenvalue weighted by molar-refractivity contribution is 7.34. The quantitative estimate of drug-likeness (QED) is 0.526. The first-order valence-corrected chi connectivity index (χ1v) is 9.71. The van der Waals surface area contributed by atoms with Crippen molar-refractivity contribution in [3.63, 3.8) is 0 Å². The van der Waals surface area contributed by atoms with Gasteiger partial charge in [-0.1, -0.05) is 54.1 Å². The van der Waals surface area contributed by atoms with Crippen molar-refractivity contribution >= 4 is 14.2 Å². The maximum absolute atomic E-state index is 11.5. The van der Waals surface area contributed by atoms with E-state index in [9.17, 15) is 9.36 Å². The van der Waals surface area contributed by atoms with Gasteiger partial charge in [0, 0.05) is 4.57 Å². The largest absolute Gasteiger partial charge is 0.805 e. The van der Waals surface area contributed by atoms with Gasteiger partial charge in [0.2, 0.25) is 0 Å². The number of carbonyl (C=O) groups is 1. The lowest BCUT2D eigenvalue weighted by Gasteiger charge is -2.05. The van der Waals surface area contributed by atoms with Gasteiger partial charge in [-0.05, 0) is 56.2 Å². The summed E-state index contributed by atoms with van der Waals surface area (Å²) in [6, 6.07) is 21.6. The topological polar surface area (TPSA) is 72.8 Å². The lowest BCUT2D eigenvalue weighted by atomic mass is 10.0. The molecule has 0 saturated carbocycles. The molecule has 3 rings (SSSR count). The summed E-state index contributed by atoms with van der Waals surface area (Å²) in [6.45, 7) is 5.61. The minimum absolute atomic E-state index is 0.431. The second-order valence-corrected chi connectivity index (χ2v) is 6.92. The van der Waals surface area contributed by atoms with Gasteiger partial charge in [-0.15, -0.1) is 0 Å². The van der Waals surface area contributed by atoms with Crippen LogP contribution in [0.3, 0.4) is 0 Å². The van der Waals surface area contributed by atoms with Crippen LogP contribution in [-0.2, 0) is 4.57 Å². The summed E-state index contributed by atoms with van der Waals surface area (Å²) in [5.74, 6) is 0.212. The molecule has 28 heavy (non-hydrogen) atoms. The highest BCUT2D eigenvalue weighted by atomic mass is 31.1. The lowest BCUT2D eigenvalue weighted by Crippen LogP contribution is -2.03. The zero-order valence-electron chi connectivity index (χ0n) is 16.0. The van der Waals surface area contributed by atoms with Gasteiger partial charge in [0.05, 0.1) is 5.56 Å². The van der Waals surface area contributed by atoms with E-state index in [0.717, 1.165) is 16.7 Å². The molecule has 0 saturated heterocycles. The van der Waals surface area contributed by atoms with Gasteiger partial charge in [0.1, 0.15) is 0 Å². The summed E-state index contributed by atoms with van der Waals surface area (Å²) in [5, 5.41) is 8.84. The van der Waals surface area contributed by atoms with Gasteiger partial charge in [0.15, 0.2) is 11.5 Å². The van der Waals surface area contributed by atoms with Gasteiger partial charge in [0.25, 0.3) is 0 Å². The van der Waals surface area contributed by atoms with E-state index in [2.05, 4.69) is 0 Å². The van der Waals surface area contributed by atoms with E-state index >= 15 is 0 Å². The van der Waals surface area contributed by atoms with Crippen LogP contribution in [-0.4, -0.2) is 11.1 Å². The van der Waals surface area contributed by atoms with Crippen molar-refractivity contribution in [2.75, 3.05) is 0 Å². The van der Waals surface area contributed by atoms with Crippen LogP contribution in [0, 0.1) is 20.8 Å². The first-order chi connectivity index (χ1) is 13.4. The molecule has 5 nitrogen and oxygen atoms in total. The molecular weight excluding hydrogens is 375 g/mol. The van der Waals surface area contributed by atoms with Gasteiger partial charge in [-0.2, -0.15) is 0 Å². The zero-order chi connectivity index (χ0) is 20.5. The molecule has 0 fully saturated rings. The molecule has 0 aliphatic carbocycles. The van der Waals surface area contributed by atoms with Crippen LogP contribution in [0.4, 0.5) is 0 Å². The average Bonchev–Trinajstić information content (AvgIpc) is 2.62. The fourth-order valence-corrected chi connectivity index (χ4v) is 3.30. The van der Waals surface area contributed by atoms with Crippen LogP contribution in [0.1, 0.15) is 27.0 Å². The van der Waals surface area contributed by atoms with Crippen molar-refractivity contribution in [2.24, 2.45) is 0 Å². The van der Waals surface area contributed by atoms with Crippen LogP contribution in [0.2, 0.25) is 0 Å².